The van der Waals surface area contributed by atoms with Crippen LogP contribution in [-0.4, -0.2) is 35.8 Å². The molecule has 3 aliphatic rings. The highest BCUT2D eigenvalue weighted by Gasteiger charge is 2.49. The second-order valence-electron chi connectivity index (χ2n) is 8.48. The summed E-state index contributed by atoms with van der Waals surface area (Å²) in [6.45, 7) is 3.91. The maximum atomic E-state index is 12.6. The van der Waals surface area contributed by atoms with E-state index in [1.165, 1.54) is 6.42 Å². The van der Waals surface area contributed by atoms with E-state index in [0.29, 0.717) is 23.3 Å². The van der Waals surface area contributed by atoms with Gasteiger partial charge in [0.25, 0.3) is 5.91 Å². The van der Waals surface area contributed by atoms with Gasteiger partial charge in [-0.2, -0.15) is 0 Å². The molecule has 2 aliphatic carbocycles. The Morgan fingerprint density at radius 3 is 2.26 bits per heavy atom. The summed E-state index contributed by atoms with van der Waals surface area (Å²) in [5, 5.41) is 3.01. The number of fused-ring (bicyclic) bond motifs is 2. The normalized spacial score (nSPS) is 30.1. The molecule has 3 N–H and O–H groups in total. The molecule has 4 atom stereocenters. The highest BCUT2D eigenvalue weighted by molar-refractivity contribution is 5.96. The Labute approximate surface area is 167 Å². The molecule has 1 aromatic carbocycles. The van der Waals surface area contributed by atoms with E-state index >= 15 is 0 Å². The maximum Gasteiger partial charge on any atom is 0.253 e. The Morgan fingerprint density at radius 2 is 1.67 bits per heavy atom. The number of likely N-dealkylation sites (tertiary alicyclic amines) is 1. The fourth-order valence-corrected chi connectivity index (χ4v) is 5.04. The van der Waals surface area contributed by atoms with E-state index < -0.39 is 0 Å². The second kappa shape index (κ2) is 8.19. The van der Waals surface area contributed by atoms with Gasteiger partial charge in [-0.15, -0.1) is 12.4 Å². The van der Waals surface area contributed by atoms with Crippen LogP contribution in [0.15, 0.2) is 24.3 Å². The average Bonchev–Trinajstić information content (AvgIpc) is 3.23. The molecular formula is C21H30ClN3O2. The van der Waals surface area contributed by atoms with E-state index in [9.17, 15) is 9.59 Å². The number of hydrogen-bond donors (Lipinski definition) is 2. The van der Waals surface area contributed by atoms with Crippen LogP contribution in [-0.2, 0) is 4.79 Å². The van der Waals surface area contributed by atoms with Crippen molar-refractivity contribution >= 4 is 29.9 Å². The van der Waals surface area contributed by atoms with Crippen LogP contribution in [0.25, 0.3) is 0 Å². The van der Waals surface area contributed by atoms with Gasteiger partial charge in [-0.1, -0.05) is 6.92 Å². The van der Waals surface area contributed by atoms with Gasteiger partial charge in [-0.25, -0.2) is 0 Å². The number of nitrogens with zero attached hydrogens (tertiary/aromatic N) is 1. The lowest BCUT2D eigenvalue weighted by Crippen LogP contribution is -2.42. The van der Waals surface area contributed by atoms with E-state index in [0.717, 1.165) is 44.5 Å². The number of carbonyl (C=O) groups excluding carboxylic acids is 2. The number of nitrogens with one attached hydrogen (secondary N) is 1. The Bertz CT molecular complexity index is 683. The zero-order chi connectivity index (χ0) is 18.3. The molecule has 0 aromatic heterocycles. The number of amides is 2. The molecular weight excluding hydrogens is 362 g/mol. The fourth-order valence-electron chi connectivity index (χ4n) is 5.04. The second-order valence-corrected chi connectivity index (χ2v) is 8.48. The topological polar surface area (TPSA) is 75.4 Å². The summed E-state index contributed by atoms with van der Waals surface area (Å²) in [7, 11) is 0. The highest BCUT2D eigenvalue weighted by atomic mass is 35.5. The van der Waals surface area contributed by atoms with Crippen molar-refractivity contribution in [1.29, 1.82) is 0 Å². The standard InChI is InChI=1S/C21H29N3O2.ClH/c1-13-8-10-24(11-9-13)21(26)14-4-6-17(7-5-14)23-20(25)18-15-2-3-16(12-15)19(18)22;/h4-7,13,15-16,18-19H,2-3,8-12,22H2,1H3,(H,23,25);1H. The molecule has 4 unspecified atom stereocenters. The minimum absolute atomic E-state index is 0. The molecule has 2 bridgehead atoms. The minimum Gasteiger partial charge on any atom is -0.339 e. The highest BCUT2D eigenvalue weighted by Crippen LogP contribution is 2.47. The lowest BCUT2D eigenvalue weighted by molar-refractivity contribution is -0.121. The van der Waals surface area contributed by atoms with Gasteiger partial charge in [-0.05, 0) is 74.1 Å². The minimum atomic E-state index is -0.0644. The number of nitrogens with two attached hydrogens (primary N) is 1. The molecule has 4 rings (SSSR count). The molecule has 6 heteroatoms. The van der Waals surface area contributed by atoms with Crippen molar-refractivity contribution in [1.82, 2.24) is 4.90 Å². The summed E-state index contributed by atoms with van der Waals surface area (Å²) in [5.74, 6) is 1.72. The van der Waals surface area contributed by atoms with Crippen LogP contribution in [0.3, 0.4) is 0 Å². The molecule has 148 valence electrons. The third-order valence-corrected chi connectivity index (χ3v) is 6.75. The van der Waals surface area contributed by atoms with E-state index in [4.69, 9.17) is 5.73 Å². The van der Waals surface area contributed by atoms with Crippen molar-refractivity contribution in [2.75, 3.05) is 18.4 Å². The van der Waals surface area contributed by atoms with Gasteiger partial charge < -0.3 is 16.0 Å². The van der Waals surface area contributed by atoms with Crippen LogP contribution in [0.4, 0.5) is 5.69 Å². The first kappa shape index (κ1) is 20.2. The molecule has 2 amide bonds. The zero-order valence-electron chi connectivity index (χ0n) is 15.9. The number of hydrogen-bond acceptors (Lipinski definition) is 3. The molecule has 27 heavy (non-hydrogen) atoms. The molecule has 1 aliphatic heterocycles. The number of benzene rings is 1. The van der Waals surface area contributed by atoms with Gasteiger partial charge in [0, 0.05) is 30.4 Å². The zero-order valence-corrected chi connectivity index (χ0v) is 16.7. The molecule has 2 saturated carbocycles. The molecule has 0 spiro atoms. The lowest BCUT2D eigenvalue weighted by Gasteiger charge is -2.30. The summed E-state index contributed by atoms with van der Waals surface area (Å²) < 4.78 is 0. The summed E-state index contributed by atoms with van der Waals surface area (Å²) >= 11 is 0. The number of carbonyl (C=O) groups is 2. The van der Waals surface area contributed by atoms with Crippen molar-refractivity contribution in [2.24, 2.45) is 29.4 Å². The first-order valence-corrected chi connectivity index (χ1v) is 9.98. The molecule has 1 aromatic rings. The van der Waals surface area contributed by atoms with Crippen LogP contribution in [0.1, 0.15) is 49.4 Å². The Balaban J connectivity index is 0.00000210. The van der Waals surface area contributed by atoms with Crippen molar-refractivity contribution in [3.63, 3.8) is 0 Å². The molecule has 1 saturated heterocycles. The largest absolute Gasteiger partial charge is 0.339 e. The van der Waals surface area contributed by atoms with Crippen LogP contribution < -0.4 is 11.1 Å². The van der Waals surface area contributed by atoms with Crippen molar-refractivity contribution < 1.29 is 9.59 Å². The van der Waals surface area contributed by atoms with Crippen molar-refractivity contribution in [3.05, 3.63) is 29.8 Å². The summed E-state index contributed by atoms with van der Waals surface area (Å²) in [6.07, 6.45) is 5.54. The quantitative estimate of drug-likeness (QED) is 0.830. The van der Waals surface area contributed by atoms with E-state index in [1.807, 2.05) is 29.2 Å². The number of halogens is 1. The Morgan fingerprint density at radius 1 is 1.04 bits per heavy atom. The van der Waals surface area contributed by atoms with Gasteiger partial charge in [0.05, 0.1) is 5.92 Å². The third kappa shape index (κ3) is 3.99. The first-order valence-electron chi connectivity index (χ1n) is 9.98. The van der Waals surface area contributed by atoms with E-state index in [-0.39, 0.29) is 36.2 Å². The molecule has 1 heterocycles. The number of piperidine rings is 1. The van der Waals surface area contributed by atoms with Gasteiger partial charge >= 0.3 is 0 Å². The van der Waals surface area contributed by atoms with E-state index in [1.54, 1.807) is 0 Å². The fraction of sp³-hybridized carbons (Fsp3) is 0.619. The average molecular weight is 392 g/mol. The van der Waals surface area contributed by atoms with Crippen LogP contribution in [0.5, 0.6) is 0 Å². The van der Waals surface area contributed by atoms with Gasteiger partial charge in [0.2, 0.25) is 5.91 Å². The van der Waals surface area contributed by atoms with Crippen LogP contribution >= 0.6 is 12.4 Å². The number of rotatable bonds is 3. The number of anilines is 1. The van der Waals surface area contributed by atoms with Crippen LogP contribution in [0, 0.1) is 23.7 Å². The summed E-state index contributed by atoms with van der Waals surface area (Å²) in [6, 6.07) is 7.29. The summed E-state index contributed by atoms with van der Waals surface area (Å²) in [5.41, 5.74) is 7.70. The van der Waals surface area contributed by atoms with Gasteiger partial charge in [0.1, 0.15) is 0 Å². The lowest BCUT2D eigenvalue weighted by atomic mass is 9.84. The third-order valence-electron chi connectivity index (χ3n) is 6.75. The van der Waals surface area contributed by atoms with E-state index in [2.05, 4.69) is 12.2 Å². The molecule has 0 radical (unpaired) electrons. The predicted molar refractivity (Wildman–Crippen MR) is 109 cm³/mol. The van der Waals surface area contributed by atoms with Gasteiger partial charge in [-0.3, -0.25) is 9.59 Å². The Hall–Kier alpha value is -1.59. The van der Waals surface area contributed by atoms with Crippen molar-refractivity contribution in [3.8, 4) is 0 Å². The molecule has 3 fully saturated rings. The molecule has 5 nitrogen and oxygen atoms in total. The van der Waals surface area contributed by atoms with Crippen molar-refractivity contribution in [2.45, 2.75) is 45.1 Å². The first-order chi connectivity index (χ1) is 12.5. The Kier molecular flexibility index (Phi) is 6.11. The SMILES string of the molecule is CC1CCN(C(=O)c2ccc(NC(=O)C3C4CCC(C4)C3N)cc2)CC1.Cl. The smallest absolute Gasteiger partial charge is 0.253 e. The summed E-state index contributed by atoms with van der Waals surface area (Å²) in [4.78, 5) is 27.2. The van der Waals surface area contributed by atoms with Crippen LogP contribution in [0.2, 0.25) is 0 Å². The monoisotopic (exact) mass is 391 g/mol. The van der Waals surface area contributed by atoms with Gasteiger partial charge in [0.15, 0.2) is 0 Å². The predicted octanol–water partition coefficient (Wildman–Crippen LogP) is 3.29. The maximum absolute atomic E-state index is 12.6.